The summed E-state index contributed by atoms with van der Waals surface area (Å²) in [5.74, 6) is -0.574. The molecule has 1 atom stereocenters. The largest absolute Gasteiger partial charge is 0.339 e. The molecule has 0 unspecified atom stereocenters. The van der Waals surface area contributed by atoms with Crippen molar-refractivity contribution in [3.05, 3.63) is 63.1 Å². The fourth-order valence-electron chi connectivity index (χ4n) is 1.91. The van der Waals surface area contributed by atoms with Crippen molar-refractivity contribution in [3.63, 3.8) is 0 Å². The molecule has 11 heteroatoms. The lowest BCUT2D eigenvalue weighted by Gasteiger charge is -2.28. The minimum atomic E-state index is -1.90. The molecular formula is C16H11Cl6N3OS. The molecule has 2 aromatic rings. The summed E-state index contributed by atoms with van der Waals surface area (Å²) in [6, 6.07) is 11.2. The van der Waals surface area contributed by atoms with Crippen LogP contribution in [0.25, 0.3) is 0 Å². The van der Waals surface area contributed by atoms with Gasteiger partial charge in [0.1, 0.15) is 6.17 Å². The van der Waals surface area contributed by atoms with E-state index in [1.807, 2.05) is 0 Å². The molecule has 0 spiro atoms. The quantitative estimate of drug-likeness (QED) is 0.268. The zero-order valence-corrected chi connectivity index (χ0v) is 18.6. The van der Waals surface area contributed by atoms with E-state index in [1.54, 1.807) is 24.3 Å². The van der Waals surface area contributed by atoms with Gasteiger partial charge in [-0.1, -0.05) is 69.6 Å². The average Bonchev–Trinajstić information content (AvgIpc) is 2.55. The van der Waals surface area contributed by atoms with Gasteiger partial charge in [0.15, 0.2) is 5.11 Å². The summed E-state index contributed by atoms with van der Waals surface area (Å²) in [6.45, 7) is 0. The summed E-state index contributed by atoms with van der Waals surface area (Å²) in [5.41, 5.74) is 0.825. The molecule has 0 aromatic heterocycles. The molecule has 2 aromatic carbocycles. The van der Waals surface area contributed by atoms with E-state index in [4.69, 9.17) is 81.8 Å². The maximum Gasteiger partial charge on any atom is 0.254 e. The molecule has 27 heavy (non-hydrogen) atoms. The SMILES string of the molecule is O=C(N[C@@H](NC(=S)Nc1ccc(Cl)cc1)C(Cl)(Cl)Cl)c1ccc(Cl)cc1Cl. The zero-order chi connectivity index (χ0) is 20.2. The minimum absolute atomic E-state index is 0.121. The van der Waals surface area contributed by atoms with Crippen molar-refractivity contribution in [2.75, 3.05) is 5.32 Å². The number of amides is 1. The van der Waals surface area contributed by atoms with Gasteiger partial charge in [0.2, 0.25) is 3.79 Å². The van der Waals surface area contributed by atoms with Crippen LogP contribution in [0.2, 0.25) is 15.1 Å². The first-order valence-electron chi connectivity index (χ1n) is 7.22. The first-order valence-corrected chi connectivity index (χ1v) is 9.89. The van der Waals surface area contributed by atoms with Crippen LogP contribution in [0.5, 0.6) is 0 Å². The van der Waals surface area contributed by atoms with Gasteiger partial charge in [0, 0.05) is 15.7 Å². The van der Waals surface area contributed by atoms with Gasteiger partial charge in [0.05, 0.1) is 10.6 Å². The molecule has 3 N–H and O–H groups in total. The molecule has 0 saturated heterocycles. The predicted molar refractivity (Wildman–Crippen MR) is 119 cm³/mol. The molecule has 0 saturated carbocycles. The van der Waals surface area contributed by atoms with Gasteiger partial charge in [0.25, 0.3) is 5.91 Å². The van der Waals surface area contributed by atoms with Crippen LogP contribution >= 0.6 is 81.8 Å². The highest BCUT2D eigenvalue weighted by atomic mass is 35.6. The van der Waals surface area contributed by atoms with E-state index in [9.17, 15) is 4.79 Å². The van der Waals surface area contributed by atoms with E-state index in [0.29, 0.717) is 15.7 Å². The Morgan fingerprint density at radius 1 is 0.926 bits per heavy atom. The van der Waals surface area contributed by atoms with E-state index < -0.39 is 15.9 Å². The smallest absolute Gasteiger partial charge is 0.254 e. The van der Waals surface area contributed by atoms with Crippen molar-refractivity contribution in [1.82, 2.24) is 10.6 Å². The molecular weight excluding hydrogens is 495 g/mol. The number of hydrogen-bond acceptors (Lipinski definition) is 2. The Balaban J connectivity index is 2.09. The number of alkyl halides is 3. The fraction of sp³-hybridized carbons (Fsp3) is 0.125. The molecule has 0 aliphatic heterocycles. The first kappa shape index (κ1) is 22.6. The zero-order valence-electron chi connectivity index (χ0n) is 13.2. The second kappa shape index (κ2) is 9.70. The molecule has 0 heterocycles. The number of rotatable bonds is 4. The molecule has 0 radical (unpaired) electrons. The molecule has 0 bridgehead atoms. The third-order valence-corrected chi connectivity index (χ3v) is 4.83. The molecule has 4 nitrogen and oxygen atoms in total. The van der Waals surface area contributed by atoms with Crippen LogP contribution < -0.4 is 16.0 Å². The van der Waals surface area contributed by atoms with Crippen LogP contribution in [-0.2, 0) is 0 Å². The van der Waals surface area contributed by atoms with E-state index in [1.165, 1.54) is 18.2 Å². The van der Waals surface area contributed by atoms with Crippen molar-refractivity contribution >= 4 is 98.5 Å². The van der Waals surface area contributed by atoms with Gasteiger partial charge in [-0.3, -0.25) is 4.79 Å². The summed E-state index contributed by atoms with van der Waals surface area (Å²) >= 11 is 40.8. The number of anilines is 1. The monoisotopic (exact) mass is 503 g/mol. The number of thiocarbonyl (C=S) groups is 1. The Bertz CT molecular complexity index is 841. The number of benzene rings is 2. The van der Waals surface area contributed by atoms with Crippen LogP contribution in [0.4, 0.5) is 5.69 Å². The van der Waals surface area contributed by atoms with Gasteiger partial charge in [-0.05, 0) is 54.7 Å². The van der Waals surface area contributed by atoms with E-state index in [0.717, 1.165) is 0 Å². The number of halogens is 6. The van der Waals surface area contributed by atoms with E-state index in [-0.39, 0.29) is 15.7 Å². The molecule has 0 fully saturated rings. The van der Waals surface area contributed by atoms with Gasteiger partial charge in [-0.25, -0.2) is 0 Å². The maximum atomic E-state index is 12.5. The normalized spacial score (nSPS) is 12.2. The highest BCUT2D eigenvalue weighted by molar-refractivity contribution is 7.80. The summed E-state index contributed by atoms with van der Waals surface area (Å²) in [7, 11) is 0. The van der Waals surface area contributed by atoms with Crippen molar-refractivity contribution < 1.29 is 4.79 Å². The maximum absolute atomic E-state index is 12.5. The second-order valence-electron chi connectivity index (χ2n) is 5.18. The van der Waals surface area contributed by atoms with Crippen molar-refractivity contribution in [2.45, 2.75) is 9.96 Å². The second-order valence-corrected chi connectivity index (χ2v) is 9.23. The molecule has 2 rings (SSSR count). The number of carbonyl (C=O) groups is 1. The summed E-state index contributed by atoms with van der Waals surface area (Å²) in [4.78, 5) is 12.5. The van der Waals surface area contributed by atoms with Crippen molar-refractivity contribution in [1.29, 1.82) is 0 Å². The van der Waals surface area contributed by atoms with Gasteiger partial charge in [-0.15, -0.1) is 0 Å². The Labute approximate surface area is 191 Å². The lowest BCUT2D eigenvalue weighted by Crippen LogP contribution is -2.56. The average molecular weight is 506 g/mol. The molecule has 144 valence electrons. The fourth-order valence-corrected chi connectivity index (χ4v) is 3.10. The first-order chi connectivity index (χ1) is 12.6. The Kier molecular flexibility index (Phi) is 8.13. The van der Waals surface area contributed by atoms with Crippen LogP contribution in [-0.4, -0.2) is 21.0 Å². The highest BCUT2D eigenvalue weighted by Gasteiger charge is 2.35. The van der Waals surface area contributed by atoms with Crippen molar-refractivity contribution in [2.24, 2.45) is 0 Å². The topological polar surface area (TPSA) is 53.2 Å². The molecule has 0 aliphatic rings. The van der Waals surface area contributed by atoms with Crippen LogP contribution in [0.3, 0.4) is 0 Å². The van der Waals surface area contributed by atoms with Crippen molar-refractivity contribution in [3.8, 4) is 0 Å². The summed E-state index contributed by atoms with van der Waals surface area (Å²) in [5, 5.41) is 9.42. The molecule has 0 aliphatic carbocycles. The third kappa shape index (κ3) is 7.02. The molecule has 1 amide bonds. The number of hydrogen-bond donors (Lipinski definition) is 3. The third-order valence-electron chi connectivity index (χ3n) is 3.16. The summed E-state index contributed by atoms with van der Waals surface area (Å²) in [6.07, 6.45) is -1.14. The standard InChI is InChI=1S/C16H11Cl6N3OS/c17-8-1-4-10(5-2-8)23-15(27)25-14(16(20,21)22)24-13(26)11-6-3-9(18)7-12(11)19/h1-7,14H,(H,24,26)(H2,23,25,27)/t14-/m0/s1. The number of carbonyl (C=O) groups excluding carboxylic acids is 1. The Morgan fingerprint density at radius 3 is 2.07 bits per heavy atom. The van der Waals surface area contributed by atoms with E-state index in [2.05, 4.69) is 16.0 Å². The Hall–Kier alpha value is -0.660. The van der Waals surface area contributed by atoms with Crippen LogP contribution in [0.15, 0.2) is 42.5 Å². The predicted octanol–water partition coefficient (Wildman–Crippen LogP) is 6.06. The van der Waals surface area contributed by atoms with E-state index >= 15 is 0 Å². The van der Waals surface area contributed by atoms with Crippen LogP contribution in [0, 0.1) is 0 Å². The highest BCUT2D eigenvalue weighted by Crippen LogP contribution is 2.30. The summed E-state index contributed by atoms with van der Waals surface area (Å²) < 4.78 is -1.90. The van der Waals surface area contributed by atoms with Gasteiger partial charge >= 0.3 is 0 Å². The van der Waals surface area contributed by atoms with Crippen LogP contribution in [0.1, 0.15) is 10.4 Å². The van der Waals surface area contributed by atoms with Gasteiger partial charge < -0.3 is 16.0 Å². The lowest BCUT2D eigenvalue weighted by atomic mass is 10.2. The Morgan fingerprint density at radius 2 is 1.52 bits per heavy atom. The minimum Gasteiger partial charge on any atom is -0.339 e. The van der Waals surface area contributed by atoms with Gasteiger partial charge in [-0.2, -0.15) is 0 Å². The lowest BCUT2D eigenvalue weighted by molar-refractivity contribution is 0.0934. The number of nitrogens with one attached hydrogen (secondary N) is 3.